The first kappa shape index (κ1) is 11.0. The van der Waals surface area contributed by atoms with Crippen molar-refractivity contribution in [1.82, 2.24) is 4.98 Å². The maximum absolute atomic E-state index is 13.0. The average molecular weight is 211 g/mol. The SMILES string of the molecule is N#CCc1cc(C#N)c(C(F)F)c(F)n1. The van der Waals surface area contributed by atoms with Crippen LogP contribution in [0.2, 0.25) is 0 Å². The third kappa shape index (κ3) is 2.23. The Bertz CT molecular complexity index is 457. The highest BCUT2D eigenvalue weighted by atomic mass is 19.3. The number of hydrogen-bond donors (Lipinski definition) is 0. The van der Waals surface area contributed by atoms with E-state index < -0.39 is 23.5 Å². The first-order chi connectivity index (χ1) is 7.10. The fourth-order valence-corrected chi connectivity index (χ4v) is 1.05. The predicted molar refractivity (Wildman–Crippen MR) is 43.2 cm³/mol. The second-order valence-corrected chi connectivity index (χ2v) is 2.61. The largest absolute Gasteiger partial charge is 0.269 e. The molecule has 6 heteroatoms. The normalized spacial score (nSPS) is 9.73. The summed E-state index contributed by atoms with van der Waals surface area (Å²) in [7, 11) is 0. The highest BCUT2D eigenvalue weighted by Gasteiger charge is 2.20. The lowest BCUT2D eigenvalue weighted by atomic mass is 10.1. The molecule has 0 aromatic carbocycles. The maximum Gasteiger partial charge on any atom is 0.269 e. The molecule has 0 bridgehead atoms. The van der Waals surface area contributed by atoms with Gasteiger partial charge in [-0.1, -0.05) is 0 Å². The number of nitriles is 2. The molecular formula is C9H4F3N3. The first-order valence-corrected chi connectivity index (χ1v) is 3.84. The summed E-state index contributed by atoms with van der Waals surface area (Å²) in [6.07, 6.45) is -3.32. The van der Waals surface area contributed by atoms with Gasteiger partial charge >= 0.3 is 0 Å². The second kappa shape index (κ2) is 4.43. The molecule has 0 saturated carbocycles. The summed E-state index contributed by atoms with van der Waals surface area (Å²) in [6.45, 7) is 0. The summed E-state index contributed by atoms with van der Waals surface area (Å²) >= 11 is 0. The minimum Gasteiger partial charge on any atom is -0.223 e. The van der Waals surface area contributed by atoms with E-state index in [0.29, 0.717) is 0 Å². The minimum absolute atomic E-state index is 0.0315. The van der Waals surface area contributed by atoms with Crippen LogP contribution in [0.5, 0.6) is 0 Å². The zero-order valence-electron chi connectivity index (χ0n) is 7.34. The van der Waals surface area contributed by atoms with Gasteiger partial charge in [0.2, 0.25) is 5.95 Å². The Morgan fingerprint density at radius 1 is 1.40 bits per heavy atom. The van der Waals surface area contributed by atoms with Crippen molar-refractivity contribution in [1.29, 1.82) is 10.5 Å². The number of halogens is 3. The minimum atomic E-state index is -3.09. The van der Waals surface area contributed by atoms with Gasteiger partial charge in [0.15, 0.2) is 0 Å². The van der Waals surface area contributed by atoms with Gasteiger partial charge < -0.3 is 0 Å². The van der Waals surface area contributed by atoms with Gasteiger partial charge in [-0.25, -0.2) is 13.8 Å². The van der Waals surface area contributed by atoms with Crippen LogP contribution >= 0.6 is 0 Å². The highest BCUT2D eigenvalue weighted by molar-refractivity contribution is 5.39. The Morgan fingerprint density at radius 2 is 2.07 bits per heavy atom. The van der Waals surface area contributed by atoms with Crippen molar-refractivity contribution in [3.63, 3.8) is 0 Å². The van der Waals surface area contributed by atoms with Crippen LogP contribution in [-0.2, 0) is 6.42 Å². The Balaban J connectivity index is 3.34. The molecule has 76 valence electrons. The smallest absolute Gasteiger partial charge is 0.223 e. The van der Waals surface area contributed by atoms with E-state index in [1.807, 2.05) is 0 Å². The summed E-state index contributed by atoms with van der Waals surface area (Å²) < 4.78 is 37.6. The van der Waals surface area contributed by atoms with Crippen molar-refractivity contribution in [2.75, 3.05) is 0 Å². The van der Waals surface area contributed by atoms with E-state index in [1.165, 1.54) is 6.07 Å². The van der Waals surface area contributed by atoms with Crippen molar-refractivity contribution in [3.8, 4) is 12.1 Å². The topological polar surface area (TPSA) is 60.5 Å². The van der Waals surface area contributed by atoms with Crippen LogP contribution in [0.25, 0.3) is 0 Å². The van der Waals surface area contributed by atoms with E-state index in [0.717, 1.165) is 6.07 Å². The zero-order valence-corrected chi connectivity index (χ0v) is 7.34. The highest BCUT2D eigenvalue weighted by Crippen LogP contribution is 2.25. The molecule has 15 heavy (non-hydrogen) atoms. The second-order valence-electron chi connectivity index (χ2n) is 2.61. The van der Waals surface area contributed by atoms with E-state index in [1.54, 1.807) is 6.07 Å². The number of rotatable bonds is 2. The quantitative estimate of drug-likeness (QED) is 0.703. The molecule has 0 spiro atoms. The monoisotopic (exact) mass is 211 g/mol. The molecule has 1 aromatic rings. The van der Waals surface area contributed by atoms with Crippen LogP contribution in [0.4, 0.5) is 13.2 Å². The van der Waals surface area contributed by atoms with Crippen molar-refractivity contribution in [2.45, 2.75) is 12.8 Å². The van der Waals surface area contributed by atoms with Crippen LogP contribution in [0.3, 0.4) is 0 Å². The molecule has 0 aliphatic rings. The molecule has 1 heterocycles. The van der Waals surface area contributed by atoms with Crippen LogP contribution in [0.15, 0.2) is 6.07 Å². The summed E-state index contributed by atoms with van der Waals surface area (Å²) in [5.41, 5.74) is -1.53. The van der Waals surface area contributed by atoms with Crippen LogP contribution in [-0.4, -0.2) is 4.98 Å². The Kier molecular flexibility index (Phi) is 3.25. The van der Waals surface area contributed by atoms with E-state index in [9.17, 15) is 13.2 Å². The molecule has 0 fully saturated rings. The predicted octanol–water partition coefficient (Wildman–Crippen LogP) is 2.10. The van der Waals surface area contributed by atoms with E-state index in [4.69, 9.17) is 10.5 Å². The number of hydrogen-bond acceptors (Lipinski definition) is 3. The number of pyridine rings is 1. The van der Waals surface area contributed by atoms with Gasteiger partial charge in [0.05, 0.1) is 35.4 Å². The molecule has 0 aliphatic carbocycles. The molecular weight excluding hydrogens is 207 g/mol. The van der Waals surface area contributed by atoms with Crippen molar-refractivity contribution < 1.29 is 13.2 Å². The fraction of sp³-hybridized carbons (Fsp3) is 0.222. The molecule has 1 aromatic heterocycles. The standard InChI is InChI=1S/C9H4F3N3/c10-8(11)7-5(4-14)3-6(1-2-13)15-9(7)12/h3,8H,1H2. The van der Waals surface area contributed by atoms with Gasteiger partial charge in [-0.3, -0.25) is 0 Å². The van der Waals surface area contributed by atoms with E-state index >= 15 is 0 Å². The van der Waals surface area contributed by atoms with Crippen LogP contribution < -0.4 is 0 Å². The van der Waals surface area contributed by atoms with Gasteiger partial charge in [0, 0.05) is 0 Å². The zero-order chi connectivity index (χ0) is 11.4. The Labute approximate surface area is 83.4 Å². The van der Waals surface area contributed by atoms with Crippen molar-refractivity contribution in [3.05, 3.63) is 28.8 Å². The maximum atomic E-state index is 13.0. The lowest BCUT2D eigenvalue weighted by molar-refractivity contribution is 0.144. The summed E-state index contributed by atoms with van der Waals surface area (Å²) in [6, 6.07) is 4.13. The molecule has 1 rings (SSSR count). The molecule has 0 amide bonds. The number of nitrogens with zero attached hydrogens (tertiary/aromatic N) is 3. The van der Waals surface area contributed by atoms with Gasteiger partial charge in [-0.05, 0) is 6.07 Å². The van der Waals surface area contributed by atoms with Crippen LogP contribution in [0.1, 0.15) is 23.2 Å². The average Bonchev–Trinajstić information content (AvgIpc) is 2.16. The Morgan fingerprint density at radius 3 is 2.53 bits per heavy atom. The first-order valence-electron chi connectivity index (χ1n) is 3.84. The third-order valence-corrected chi connectivity index (χ3v) is 1.66. The molecule has 0 saturated heterocycles. The van der Waals surface area contributed by atoms with Crippen LogP contribution in [0, 0.1) is 28.6 Å². The lowest BCUT2D eigenvalue weighted by Gasteiger charge is -2.04. The molecule has 3 nitrogen and oxygen atoms in total. The summed E-state index contributed by atoms with van der Waals surface area (Å²) in [5, 5.41) is 16.8. The van der Waals surface area contributed by atoms with Crippen molar-refractivity contribution in [2.24, 2.45) is 0 Å². The van der Waals surface area contributed by atoms with Crippen molar-refractivity contribution >= 4 is 0 Å². The summed E-state index contributed by atoms with van der Waals surface area (Å²) in [5.74, 6) is -1.39. The molecule has 0 N–H and O–H groups in total. The van der Waals surface area contributed by atoms with Gasteiger partial charge in [0.25, 0.3) is 6.43 Å². The van der Waals surface area contributed by atoms with E-state index in [-0.39, 0.29) is 12.1 Å². The van der Waals surface area contributed by atoms with E-state index in [2.05, 4.69) is 4.98 Å². The van der Waals surface area contributed by atoms with Gasteiger partial charge in [0.1, 0.15) is 0 Å². The fourth-order valence-electron chi connectivity index (χ4n) is 1.05. The third-order valence-electron chi connectivity index (χ3n) is 1.66. The van der Waals surface area contributed by atoms with Gasteiger partial charge in [-0.2, -0.15) is 14.9 Å². The van der Waals surface area contributed by atoms with Gasteiger partial charge in [-0.15, -0.1) is 0 Å². The Hall–Kier alpha value is -2.08. The molecule has 0 aliphatic heterocycles. The molecule has 0 atom stereocenters. The summed E-state index contributed by atoms with van der Waals surface area (Å²) in [4.78, 5) is 3.17. The molecule has 0 radical (unpaired) electrons. The number of aromatic nitrogens is 1. The molecule has 0 unspecified atom stereocenters. The number of alkyl halides is 2. The lowest BCUT2D eigenvalue weighted by Crippen LogP contribution is -2.02.